The molecule has 0 aromatic rings. The Labute approximate surface area is 105 Å². The Morgan fingerprint density at radius 1 is 1.12 bits per heavy atom. The lowest BCUT2D eigenvalue weighted by atomic mass is 10.1. The van der Waals surface area contributed by atoms with Crippen LogP contribution in [0.5, 0.6) is 0 Å². The van der Waals surface area contributed by atoms with E-state index in [1.54, 1.807) is 0 Å². The van der Waals surface area contributed by atoms with Gasteiger partial charge in [0.2, 0.25) is 0 Å². The van der Waals surface area contributed by atoms with Gasteiger partial charge in [-0.05, 0) is 52.5 Å². The maximum atomic E-state index is 5.96. The highest BCUT2D eigenvalue weighted by atomic mass is 16.5. The molecule has 0 aromatic carbocycles. The fraction of sp³-hybridized carbons (Fsp3) is 1.00. The van der Waals surface area contributed by atoms with E-state index in [0.717, 1.165) is 26.2 Å². The van der Waals surface area contributed by atoms with Crippen molar-refractivity contribution in [3.63, 3.8) is 0 Å². The molecular formula is C13H27N3O. The SMILES string of the molecule is CN1CCCN(CCOC2CCNCC2)CC1. The van der Waals surface area contributed by atoms with Gasteiger partial charge >= 0.3 is 0 Å². The van der Waals surface area contributed by atoms with Crippen LogP contribution in [-0.4, -0.2) is 75.4 Å². The predicted octanol–water partition coefficient (Wildman–Crippen LogP) is 0.393. The Kier molecular flexibility index (Phi) is 5.71. The Balaban J connectivity index is 1.57. The molecule has 0 spiro atoms. The van der Waals surface area contributed by atoms with Gasteiger partial charge < -0.3 is 15.0 Å². The van der Waals surface area contributed by atoms with Gasteiger partial charge in [0, 0.05) is 19.6 Å². The standard InChI is InChI=1S/C13H27N3O/c1-15-7-2-8-16(10-9-15)11-12-17-13-3-5-14-6-4-13/h13-14H,2-12H2,1H3. The van der Waals surface area contributed by atoms with E-state index in [4.69, 9.17) is 4.74 Å². The minimum Gasteiger partial charge on any atom is -0.377 e. The lowest BCUT2D eigenvalue weighted by molar-refractivity contribution is 0.0207. The number of nitrogens with one attached hydrogen (secondary N) is 1. The highest BCUT2D eigenvalue weighted by molar-refractivity contribution is 4.70. The van der Waals surface area contributed by atoms with Gasteiger partial charge in [0.15, 0.2) is 0 Å². The Hall–Kier alpha value is -0.160. The first-order valence-electron chi connectivity index (χ1n) is 7.08. The van der Waals surface area contributed by atoms with Gasteiger partial charge in [-0.3, -0.25) is 4.90 Å². The molecule has 2 aliphatic rings. The van der Waals surface area contributed by atoms with Crippen LogP contribution < -0.4 is 5.32 Å². The van der Waals surface area contributed by atoms with Crippen LogP contribution in [0.1, 0.15) is 19.3 Å². The molecule has 100 valence electrons. The summed E-state index contributed by atoms with van der Waals surface area (Å²) < 4.78 is 5.96. The molecule has 0 amide bonds. The molecule has 0 bridgehead atoms. The molecular weight excluding hydrogens is 214 g/mol. The zero-order valence-electron chi connectivity index (χ0n) is 11.2. The van der Waals surface area contributed by atoms with Gasteiger partial charge in [0.1, 0.15) is 0 Å². The molecule has 17 heavy (non-hydrogen) atoms. The number of rotatable bonds is 4. The topological polar surface area (TPSA) is 27.7 Å². The number of nitrogens with zero attached hydrogens (tertiary/aromatic N) is 2. The molecule has 2 rings (SSSR count). The lowest BCUT2D eigenvalue weighted by Gasteiger charge is -2.25. The molecule has 2 fully saturated rings. The van der Waals surface area contributed by atoms with Crippen LogP contribution in [0.15, 0.2) is 0 Å². The molecule has 0 unspecified atom stereocenters. The largest absolute Gasteiger partial charge is 0.377 e. The third-order valence-corrected chi connectivity index (χ3v) is 3.86. The summed E-state index contributed by atoms with van der Waals surface area (Å²) in [7, 11) is 2.22. The summed E-state index contributed by atoms with van der Waals surface area (Å²) in [6.07, 6.45) is 4.17. The zero-order valence-corrected chi connectivity index (χ0v) is 11.2. The number of ether oxygens (including phenoxy) is 1. The van der Waals surface area contributed by atoms with Crippen LogP contribution in [0.3, 0.4) is 0 Å². The average Bonchev–Trinajstić information content (AvgIpc) is 2.56. The van der Waals surface area contributed by atoms with E-state index >= 15 is 0 Å². The van der Waals surface area contributed by atoms with E-state index in [-0.39, 0.29) is 0 Å². The first-order valence-corrected chi connectivity index (χ1v) is 7.08. The van der Waals surface area contributed by atoms with Crippen LogP contribution in [0.4, 0.5) is 0 Å². The van der Waals surface area contributed by atoms with E-state index < -0.39 is 0 Å². The van der Waals surface area contributed by atoms with Crippen molar-refractivity contribution < 1.29 is 4.74 Å². The minimum absolute atomic E-state index is 0.505. The quantitative estimate of drug-likeness (QED) is 0.771. The number of likely N-dealkylation sites (N-methyl/N-ethyl adjacent to an activating group) is 1. The maximum Gasteiger partial charge on any atom is 0.0600 e. The van der Waals surface area contributed by atoms with Crippen LogP contribution in [0, 0.1) is 0 Å². The van der Waals surface area contributed by atoms with Gasteiger partial charge in [-0.1, -0.05) is 0 Å². The summed E-state index contributed by atoms with van der Waals surface area (Å²) >= 11 is 0. The molecule has 2 aliphatic heterocycles. The maximum absolute atomic E-state index is 5.96. The van der Waals surface area contributed by atoms with Gasteiger partial charge in [-0.15, -0.1) is 0 Å². The molecule has 0 atom stereocenters. The second-order valence-electron chi connectivity index (χ2n) is 5.32. The summed E-state index contributed by atoms with van der Waals surface area (Å²) in [5.74, 6) is 0. The Morgan fingerprint density at radius 2 is 1.94 bits per heavy atom. The van der Waals surface area contributed by atoms with E-state index in [9.17, 15) is 0 Å². The monoisotopic (exact) mass is 241 g/mol. The van der Waals surface area contributed by atoms with E-state index in [1.807, 2.05) is 0 Å². The number of hydrogen-bond donors (Lipinski definition) is 1. The fourth-order valence-corrected chi connectivity index (χ4v) is 2.63. The fourth-order valence-electron chi connectivity index (χ4n) is 2.63. The molecule has 4 nitrogen and oxygen atoms in total. The third kappa shape index (κ3) is 4.92. The average molecular weight is 241 g/mol. The molecule has 0 aliphatic carbocycles. The second kappa shape index (κ2) is 7.31. The third-order valence-electron chi connectivity index (χ3n) is 3.86. The summed E-state index contributed by atoms with van der Waals surface area (Å²) in [6.45, 7) is 9.15. The van der Waals surface area contributed by atoms with Crippen LogP contribution in [0.25, 0.3) is 0 Å². The number of piperidine rings is 1. The van der Waals surface area contributed by atoms with Gasteiger partial charge in [0.25, 0.3) is 0 Å². The molecule has 2 saturated heterocycles. The van der Waals surface area contributed by atoms with Crippen LogP contribution >= 0.6 is 0 Å². The summed E-state index contributed by atoms with van der Waals surface area (Å²) in [5.41, 5.74) is 0. The molecule has 2 heterocycles. The normalized spacial score (nSPS) is 25.9. The molecule has 0 saturated carbocycles. The molecule has 4 heteroatoms. The summed E-state index contributed by atoms with van der Waals surface area (Å²) in [5, 5.41) is 3.37. The highest BCUT2D eigenvalue weighted by Crippen LogP contribution is 2.07. The Morgan fingerprint density at radius 3 is 2.76 bits per heavy atom. The number of hydrogen-bond acceptors (Lipinski definition) is 4. The van der Waals surface area contributed by atoms with E-state index in [1.165, 1.54) is 45.4 Å². The smallest absolute Gasteiger partial charge is 0.0600 e. The first-order chi connectivity index (χ1) is 8.34. The van der Waals surface area contributed by atoms with E-state index in [2.05, 4.69) is 22.2 Å². The van der Waals surface area contributed by atoms with Gasteiger partial charge in [-0.2, -0.15) is 0 Å². The molecule has 1 N–H and O–H groups in total. The van der Waals surface area contributed by atoms with Crippen molar-refractivity contribution in [3.8, 4) is 0 Å². The highest BCUT2D eigenvalue weighted by Gasteiger charge is 2.15. The van der Waals surface area contributed by atoms with Gasteiger partial charge in [-0.25, -0.2) is 0 Å². The second-order valence-corrected chi connectivity index (χ2v) is 5.32. The molecule has 0 radical (unpaired) electrons. The lowest BCUT2D eigenvalue weighted by Crippen LogP contribution is -2.36. The zero-order chi connectivity index (χ0) is 11.9. The first kappa shape index (κ1) is 13.3. The van der Waals surface area contributed by atoms with Crippen molar-refractivity contribution >= 4 is 0 Å². The van der Waals surface area contributed by atoms with E-state index in [0.29, 0.717) is 6.10 Å². The van der Waals surface area contributed by atoms with Crippen molar-refractivity contribution in [2.24, 2.45) is 0 Å². The van der Waals surface area contributed by atoms with Gasteiger partial charge in [0.05, 0.1) is 12.7 Å². The van der Waals surface area contributed by atoms with Crippen molar-refractivity contribution in [3.05, 3.63) is 0 Å². The van der Waals surface area contributed by atoms with Crippen molar-refractivity contribution in [2.75, 3.05) is 59.5 Å². The van der Waals surface area contributed by atoms with Crippen molar-refractivity contribution in [2.45, 2.75) is 25.4 Å². The molecule has 0 aromatic heterocycles. The van der Waals surface area contributed by atoms with Crippen molar-refractivity contribution in [1.29, 1.82) is 0 Å². The minimum atomic E-state index is 0.505. The van der Waals surface area contributed by atoms with Crippen LogP contribution in [-0.2, 0) is 4.74 Å². The van der Waals surface area contributed by atoms with Crippen molar-refractivity contribution in [1.82, 2.24) is 15.1 Å². The Bertz CT molecular complexity index is 207. The predicted molar refractivity (Wildman–Crippen MR) is 70.4 cm³/mol. The van der Waals surface area contributed by atoms with Crippen LogP contribution in [0.2, 0.25) is 0 Å². The summed E-state index contributed by atoms with van der Waals surface area (Å²) in [4.78, 5) is 4.97. The summed E-state index contributed by atoms with van der Waals surface area (Å²) in [6, 6.07) is 0.